The summed E-state index contributed by atoms with van der Waals surface area (Å²) in [4.78, 5) is 0. The SMILES string of the molecule is Cc1ccccc1-c1cccc[n+]1C1[C@@H]([n+]2ccccc2-c2ccccc2C)[C@H]1c1ccccc1-c1cccc[n+]1C. The van der Waals surface area contributed by atoms with Crippen LogP contribution in [0.4, 0.5) is 0 Å². The molecule has 0 spiro atoms. The van der Waals surface area contributed by atoms with Crippen LogP contribution in [0.2, 0.25) is 0 Å². The Labute approximate surface area is 248 Å². The highest BCUT2D eigenvalue weighted by atomic mass is 15.2. The van der Waals surface area contributed by atoms with Crippen molar-refractivity contribution >= 4 is 0 Å². The second kappa shape index (κ2) is 10.8. The number of aryl methyl sites for hydroxylation is 3. The van der Waals surface area contributed by atoms with Crippen LogP contribution in [0, 0.1) is 13.8 Å². The summed E-state index contributed by atoms with van der Waals surface area (Å²) in [7, 11) is 2.14. The number of pyridine rings is 3. The van der Waals surface area contributed by atoms with E-state index in [-0.39, 0.29) is 18.0 Å². The summed E-state index contributed by atoms with van der Waals surface area (Å²) in [6.07, 6.45) is 6.70. The summed E-state index contributed by atoms with van der Waals surface area (Å²) in [5.41, 5.74) is 11.5. The molecular weight excluding hydrogens is 510 g/mol. The minimum absolute atomic E-state index is 0.242. The molecule has 0 radical (unpaired) electrons. The second-order valence-corrected chi connectivity index (χ2v) is 11.4. The first-order valence-corrected chi connectivity index (χ1v) is 14.8. The molecule has 3 heteroatoms. The molecule has 1 saturated carbocycles. The molecule has 0 saturated heterocycles. The fourth-order valence-electron chi connectivity index (χ4n) is 6.76. The number of nitrogens with zero attached hydrogens (tertiary/aromatic N) is 3. The highest BCUT2D eigenvalue weighted by Gasteiger charge is 2.68. The van der Waals surface area contributed by atoms with Crippen molar-refractivity contribution in [3.8, 4) is 33.8 Å². The Kier molecular flexibility index (Phi) is 6.71. The summed E-state index contributed by atoms with van der Waals surface area (Å²) in [6.45, 7) is 4.42. The molecule has 204 valence electrons. The maximum atomic E-state index is 2.53. The lowest BCUT2D eigenvalue weighted by molar-refractivity contribution is -0.754. The van der Waals surface area contributed by atoms with Gasteiger partial charge in [-0.1, -0.05) is 54.6 Å². The third kappa shape index (κ3) is 4.52. The molecule has 3 heterocycles. The van der Waals surface area contributed by atoms with E-state index in [2.05, 4.69) is 181 Å². The molecule has 0 aliphatic heterocycles. The van der Waals surface area contributed by atoms with Crippen LogP contribution in [-0.4, -0.2) is 0 Å². The first-order valence-electron chi connectivity index (χ1n) is 14.8. The smallest absolute Gasteiger partial charge is 0.201 e. The van der Waals surface area contributed by atoms with Gasteiger partial charge in [-0.3, -0.25) is 0 Å². The molecule has 1 fully saturated rings. The monoisotopic (exact) mass is 546 g/mol. The summed E-state index contributed by atoms with van der Waals surface area (Å²) in [5, 5.41) is 0. The lowest BCUT2D eigenvalue weighted by Crippen LogP contribution is -2.42. The molecule has 3 aromatic carbocycles. The van der Waals surface area contributed by atoms with Crippen LogP contribution in [-0.2, 0) is 7.05 Å². The third-order valence-electron chi connectivity index (χ3n) is 8.86. The number of aromatic nitrogens is 3. The van der Waals surface area contributed by atoms with Crippen LogP contribution >= 0.6 is 0 Å². The third-order valence-corrected chi connectivity index (χ3v) is 8.86. The van der Waals surface area contributed by atoms with Gasteiger partial charge in [0.1, 0.15) is 13.0 Å². The van der Waals surface area contributed by atoms with Gasteiger partial charge < -0.3 is 0 Å². The van der Waals surface area contributed by atoms with Gasteiger partial charge in [-0.15, -0.1) is 0 Å². The van der Waals surface area contributed by atoms with Crippen LogP contribution in [0.15, 0.2) is 146 Å². The second-order valence-electron chi connectivity index (χ2n) is 11.4. The van der Waals surface area contributed by atoms with E-state index in [0.29, 0.717) is 0 Å². The molecular formula is C39H36N3+3. The zero-order valence-corrected chi connectivity index (χ0v) is 24.4. The van der Waals surface area contributed by atoms with E-state index in [1.807, 2.05) is 0 Å². The van der Waals surface area contributed by atoms with Gasteiger partial charge in [0.15, 0.2) is 18.6 Å². The number of rotatable bonds is 6. The zero-order chi connectivity index (χ0) is 28.6. The van der Waals surface area contributed by atoms with E-state index in [0.717, 1.165) is 0 Å². The molecule has 3 atom stereocenters. The quantitative estimate of drug-likeness (QED) is 0.195. The van der Waals surface area contributed by atoms with Crippen molar-refractivity contribution in [2.45, 2.75) is 31.8 Å². The zero-order valence-electron chi connectivity index (χ0n) is 24.4. The average Bonchev–Trinajstić information content (AvgIpc) is 3.77. The maximum absolute atomic E-state index is 2.53. The van der Waals surface area contributed by atoms with Crippen molar-refractivity contribution in [1.82, 2.24) is 0 Å². The van der Waals surface area contributed by atoms with E-state index in [1.165, 1.54) is 50.5 Å². The summed E-state index contributed by atoms with van der Waals surface area (Å²) in [5.74, 6) is 0.284. The molecule has 0 bridgehead atoms. The first kappa shape index (κ1) is 26.0. The Hall–Kier alpha value is -4.89. The van der Waals surface area contributed by atoms with Gasteiger partial charge in [0.25, 0.3) is 0 Å². The fourth-order valence-corrected chi connectivity index (χ4v) is 6.76. The predicted octanol–water partition coefficient (Wildman–Crippen LogP) is 7.28. The normalized spacial score (nSPS) is 17.6. The highest BCUT2D eigenvalue weighted by molar-refractivity contribution is 5.65. The summed E-state index contributed by atoms with van der Waals surface area (Å²) >= 11 is 0. The van der Waals surface area contributed by atoms with Gasteiger partial charge in [-0.25, -0.2) is 4.57 Å². The number of benzene rings is 3. The van der Waals surface area contributed by atoms with E-state index in [9.17, 15) is 0 Å². The van der Waals surface area contributed by atoms with Crippen molar-refractivity contribution in [2.24, 2.45) is 7.05 Å². The lowest BCUT2D eigenvalue weighted by atomic mass is 9.98. The van der Waals surface area contributed by atoms with E-state index >= 15 is 0 Å². The minimum Gasteiger partial charge on any atom is -0.201 e. The molecule has 3 nitrogen and oxygen atoms in total. The Morgan fingerprint density at radius 3 is 1.38 bits per heavy atom. The van der Waals surface area contributed by atoms with Crippen LogP contribution in [0.5, 0.6) is 0 Å². The van der Waals surface area contributed by atoms with E-state index in [4.69, 9.17) is 0 Å². The van der Waals surface area contributed by atoms with E-state index in [1.54, 1.807) is 0 Å². The predicted molar refractivity (Wildman–Crippen MR) is 167 cm³/mol. The largest absolute Gasteiger partial charge is 0.234 e. The molecule has 1 aliphatic rings. The van der Waals surface area contributed by atoms with Crippen LogP contribution in [0.1, 0.15) is 34.7 Å². The van der Waals surface area contributed by atoms with Crippen molar-refractivity contribution in [1.29, 1.82) is 0 Å². The maximum Gasteiger partial charge on any atom is 0.234 e. The van der Waals surface area contributed by atoms with Gasteiger partial charge in [0, 0.05) is 47.5 Å². The molecule has 1 unspecified atom stereocenters. The molecule has 0 amide bonds. The van der Waals surface area contributed by atoms with Crippen molar-refractivity contribution in [2.75, 3.05) is 0 Å². The highest BCUT2D eigenvalue weighted by Crippen LogP contribution is 2.58. The summed E-state index contributed by atoms with van der Waals surface area (Å²) in [6, 6.07) is 46.6. The van der Waals surface area contributed by atoms with Crippen molar-refractivity contribution in [3.63, 3.8) is 0 Å². The molecule has 42 heavy (non-hydrogen) atoms. The van der Waals surface area contributed by atoms with Gasteiger partial charge in [0.2, 0.25) is 29.2 Å². The molecule has 0 N–H and O–H groups in total. The average molecular weight is 547 g/mol. The first-order chi connectivity index (χ1) is 20.6. The number of hydrogen-bond acceptors (Lipinski definition) is 0. The minimum atomic E-state index is 0.242. The molecule has 7 rings (SSSR count). The van der Waals surface area contributed by atoms with Gasteiger partial charge in [-0.2, -0.15) is 9.13 Å². The van der Waals surface area contributed by atoms with Crippen LogP contribution < -0.4 is 13.7 Å². The molecule has 3 aromatic heterocycles. The fraction of sp³-hybridized carbons (Fsp3) is 0.154. The van der Waals surface area contributed by atoms with Crippen LogP contribution in [0.3, 0.4) is 0 Å². The summed E-state index contributed by atoms with van der Waals surface area (Å²) < 4.78 is 7.29. The number of hydrogen-bond donors (Lipinski definition) is 0. The topological polar surface area (TPSA) is 11.6 Å². The van der Waals surface area contributed by atoms with Gasteiger partial charge >= 0.3 is 0 Å². The van der Waals surface area contributed by atoms with Gasteiger partial charge in [-0.05, 0) is 66.9 Å². The van der Waals surface area contributed by atoms with Crippen molar-refractivity contribution < 1.29 is 13.7 Å². The van der Waals surface area contributed by atoms with Gasteiger partial charge in [0.05, 0.1) is 5.56 Å². The lowest BCUT2D eigenvalue weighted by Gasteiger charge is -2.08. The standard InChI is InChI=1S/C39H36N3/c1-28-16-4-6-18-30(28)35-23-11-14-26-41(35)38-37(33-21-9-8-20-32(33)34-22-10-13-25-40(34)3)39(38)42-27-15-12-24-36(42)31-19-7-5-17-29(31)2/h4-27,37-39H,1-3H3/q+3/t37-,38+,39?/m1/s1. The Morgan fingerprint density at radius 2 is 0.857 bits per heavy atom. The van der Waals surface area contributed by atoms with E-state index < -0.39 is 0 Å². The molecule has 6 aromatic rings. The Bertz CT molecular complexity index is 1680. The molecule has 1 aliphatic carbocycles. The van der Waals surface area contributed by atoms with Crippen LogP contribution in [0.25, 0.3) is 33.8 Å². The Balaban J connectivity index is 1.45. The van der Waals surface area contributed by atoms with Crippen molar-refractivity contribution in [3.05, 3.63) is 163 Å². The Morgan fingerprint density at radius 1 is 0.429 bits per heavy atom.